The first-order chi connectivity index (χ1) is 4.29. The van der Waals surface area contributed by atoms with Crippen LogP contribution in [-0.4, -0.2) is 34.6 Å². The molecular weight excluding hydrogens is 120 g/mol. The van der Waals surface area contributed by atoms with Crippen LogP contribution in [0, 0.1) is 0 Å². The lowest BCUT2D eigenvalue weighted by Gasteiger charge is -2.13. The van der Waals surface area contributed by atoms with Crippen LogP contribution in [0.1, 0.15) is 0 Å². The Morgan fingerprint density at radius 3 is 1.67 bits per heavy atom. The summed E-state index contributed by atoms with van der Waals surface area (Å²) in [6.07, 6.45) is 1.62. The van der Waals surface area contributed by atoms with E-state index < -0.39 is 12.2 Å². The van der Waals surface area contributed by atoms with Gasteiger partial charge in [-0.05, 0) is 0 Å². The zero-order valence-corrected chi connectivity index (χ0v) is 4.77. The van der Waals surface area contributed by atoms with Crippen LogP contribution in [0.4, 0.5) is 0 Å². The molecule has 0 saturated carbocycles. The standard InChI is InChI=1S/C6H8O3/c7-5-3-1-2-4(9-3)6(5)8/h1-8H/t3?,4?,5-,6+. The topological polar surface area (TPSA) is 49.7 Å². The van der Waals surface area contributed by atoms with Crippen LogP contribution < -0.4 is 0 Å². The van der Waals surface area contributed by atoms with Gasteiger partial charge < -0.3 is 14.9 Å². The maximum atomic E-state index is 9.06. The van der Waals surface area contributed by atoms with Gasteiger partial charge in [-0.3, -0.25) is 0 Å². The molecule has 2 N–H and O–H groups in total. The van der Waals surface area contributed by atoms with Crippen molar-refractivity contribution in [3.8, 4) is 0 Å². The predicted octanol–water partition coefficient (Wildman–Crippen LogP) is -0.955. The van der Waals surface area contributed by atoms with Crippen LogP contribution in [0.2, 0.25) is 0 Å². The van der Waals surface area contributed by atoms with Crippen LogP contribution >= 0.6 is 0 Å². The molecule has 0 aromatic heterocycles. The summed E-state index contributed by atoms with van der Waals surface area (Å²) >= 11 is 0. The Morgan fingerprint density at radius 1 is 1.00 bits per heavy atom. The largest absolute Gasteiger partial charge is 0.387 e. The lowest BCUT2D eigenvalue weighted by Crippen LogP contribution is -2.33. The molecule has 0 aromatic carbocycles. The van der Waals surface area contributed by atoms with E-state index in [1.807, 2.05) is 0 Å². The summed E-state index contributed by atoms with van der Waals surface area (Å²) in [6.45, 7) is 0. The molecule has 2 aliphatic heterocycles. The summed E-state index contributed by atoms with van der Waals surface area (Å²) in [7, 11) is 0. The minimum atomic E-state index is -0.708. The third kappa shape index (κ3) is 0.566. The fraction of sp³-hybridized carbons (Fsp3) is 0.667. The predicted molar refractivity (Wildman–Crippen MR) is 29.8 cm³/mol. The molecule has 2 aliphatic rings. The van der Waals surface area contributed by atoms with Crippen molar-refractivity contribution in [1.82, 2.24) is 0 Å². The molecule has 0 aliphatic carbocycles. The summed E-state index contributed by atoms with van der Waals surface area (Å²) < 4.78 is 5.09. The first-order valence-corrected chi connectivity index (χ1v) is 2.99. The van der Waals surface area contributed by atoms with Gasteiger partial charge in [-0.1, -0.05) is 12.2 Å². The van der Waals surface area contributed by atoms with Crippen LogP contribution in [0.15, 0.2) is 12.2 Å². The number of hydrogen-bond donors (Lipinski definition) is 2. The Labute approximate surface area is 52.6 Å². The van der Waals surface area contributed by atoms with Crippen molar-refractivity contribution in [1.29, 1.82) is 0 Å². The summed E-state index contributed by atoms with van der Waals surface area (Å²) in [5.41, 5.74) is 0. The van der Waals surface area contributed by atoms with Crippen LogP contribution in [-0.2, 0) is 4.74 Å². The smallest absolute Gasteiger partial charge is 0.112 e. The molecule has 0 aromatic rings. The van der Waals surface area contributed by atoms with Gasteiger partial charge >= 0.3 is 0 Å². The molecule has 3 heteroatoms. The molecule has 2 heterocycles. The van der Waals surface area contributed by atoms with Gasteiger partial charge in [0.2, 0.25) is 0 Å². The van der Waals surface area contributed by atoms with Gasteiger partial charge in [-0.15, -0.1) is 0 Å². The highest BCUT2D eigenvalue weighted by Crippen LogP contribution is 2.28. The molecule has 1 saturated heterocycles. The highest BCUT2D eigenvalue weighted by atomic mass is 16.5. The van der Waals surface area contributed by atoms with E-state index in [2.05, 4.69) is 0 Å². The molecule has 3 nitrogen and oxygen atoms in total. The third-order valence-electron chi connectivity index (χ3n) is 1.83. The highest BCUT2D eigenvalue weighted by Gasteiger charge is 2.43. The fourth-order valence-electron chi connectivity index (χ4n) is 1.27. The van der Waals surface area contributed by atoms with E-state index in [1.165, 1.54) is 0 Å². The Bertz CT molecular complexity index is 138. The van der Waals surface area contributed by atoms with E-state index in [0.29, 0.717) is 0 Å². The van der Waals surface area contributed by atoms with Crippen LogP contribution in [0.5, 0.6) is 0 Å². The van der Waals surface area contributed by atoms with E-state index in [9.17, 15) is 0 Å². The molecule has 2 rings (SSSR count). The van der Waals surface area contributed by atoms with Crippen molar-refractivity contribution >= 4 is 0 Å². The van der Waals surface area contributed by atoms with Gasteiger partial charge in [0, 0.05) is 0 Å². The molecule has 1 fully saturated rings. The van der Waals surface area contributed by atoms with Crippen LogP contribution in [0.3, 0.4) is 0 Å². The number of aliphatic hydroxyl groups is 2. The maximum absolute atomic E-state index is 9.06. The minimum Gasteiger partial charge on any atom is -0.387 e. The first-order valence-electron chi connectivity index (χ1n) is 2.99. The summed E-state index contributed by atoms with van der Waals surface area (Å²) in [5, 5.41) is 18.1. The summed E-state index contributed by atoms with van der Waals surface area (Å²) in [4.78, 5) is 0. The summed E-state index contributed by atoms with van der Waals surface area (Å²) in [5.74, 6) is 0. The van der Waals surface area contributed by atoms with E-state index in [0.717, 1.165) is 0 Å². The normalized spacial score (nSPS) is 54.9. The SMILES string of the molecule is O[C@@H]1C2C=CC(O2)[C@@H]1O. The quantitative estimate of drug-likeness (QED) is 0.413. The zero-order valence-electron chi connectivity index (χ0n) is 4.77. The molecule has 0 radical (unpaired) electrons. The average Bonchev–Trinajstić information content (AvgIpc) is 2.37. The number of fused-ring (bicyclic) bond motifs is 2. The second-order valence-electron chi connectivity index (χ2n) is 2.43. The van der Waals surface area contributed by atoms with Crippen molar-refractivity contribution in [3.05, 3.63) is 12.2 Å². The Kier molecular flexibility index (Phi) is 0.939. The molecule has 9 heavy (non-hydrogen) atoms. The van der Waals surface area contributed by atoms with Gasteiger partial charge in [0.05, 0.1) is 0 Å². The lowest BCUT2D eigenvalue weighted by molar-refractivity contribution is 0.0356. The Morgan fingerprint density at radius 2 is 1.44 bits per heavy atom. The van der Waals surface area contributed by atoms with Gasteiger partial charge in [-0.25, -0.2) is 0 Å². The molecule has 4 atom stereocenters. The van der Waals surface area contributed by atoms with Crippen molar-refractivity contribution in [2.24, 2.45) is 0 Å². The van der Waals surface area contributed by atoms with Crippen molar-refractivity contribution in [2.45, 2.75) is 24.4 Å². The van der Waals surface area contributed by atoms with E-state index in [4.69, 9.17) is 14.9 Å². The van der Waals surface area contributed by atoms with Gasteiger partial charge in [0.15, 0.2) is 0 Å². The Hall–Kier alpha value is -0.380. The van der Waals surface area contributed by atoms with Crippen molar-refractivity contribution in [3.63, 3.8) is 0 Å². The van der Waals surface area contributed by atoms with E-state index in [-0.39, 0.29) is 12.2 Å². The van der Waals surface area contributed by atoms with E-state index >= 15 is 0 Å². The molecule has 0 spiro atoms. The second-order valence-corrected chi connectivity index (χ2v) is 2.43. The average molecular weight is 128 g/mol. The number of hydrogen-bond acceptors (Lipinski definition) is 3. The molecule has 2 bridgehead atoms. The Balaban J connectivity index is 2.26. The minimum absolute atomic E-state index is 0.259. The van der Waals surface area contributed by atoms with Gasteiger partial charge in [0.25, 0.3) is 0 Å². The zero-order chi connectivity index (χ0) is 6.43. The third-order valence-corrected chi connectivity index (χ3v) is 1.83. The molecule has 50 valence electrons. The van der Waals surface area contributed by atoms with E-state index in [1.54, 1.807) is 12.2 Å². The lowest BCUT2D eigenvalue weighted by atomic mass is 10.0. The number of ether oxygens (including phenoxy) is 1. The number of aliphatic hydroxyl groups excluding tert-OH is 2. The summed E-state index contributed by atoms with van der Waals surface area (Å²) in [6, 6.07) is 0. The maximum Gasteiger partial charge on any atom is 0.112 e. The first kappa shape index (κ1) is 5.41. The van der Waals surface area contributed by atoms with Crippen molar-refractivity contribution in [2.75, 3.05) is 0 Å². The van der Waals surface area contributed by atoms with Gasteiger partial charge in [-0.2, -0.15) is 0 Å². The molecule has 0 amide bonds. The fourth-order valence-corrected chi connectivity index (χ4v) is 1.27. The highest BCUT2D eigenvalue weighted by molar-refractivity contribution is 5.15. The second kappa shape index (κ2) is 1.56. The van der Waals surface area contributed by atoms with Crippen LogP contribution in [0.25, 0.3) is 0 Å². The monoisotopic (exact) mass is 128 g/mol. The van der Waals surface area contributed by atoms with Gasteiger partial charge in [0.1, 0.15) is 24.4 Å². The molecule has 2 unspecified atom stereocenters. The molecular formula is C6H8O3. The van der Waals surface area contributed by atoms with Crippen molar-refractivity contribution < 1.29 is 14.9 Å². The number of rotatable bonds is 0.